The maximum absolute atomic E-state index is 11.1. The summed E-state index contributed by atoms with van der Waals surface area (Å²) < 4.78 is 5.35. The second-order valence-corrected chi connectivity index (χ2v) is 4.89. The van der Waals surface area contributed by atoms with E-state index >= 15 is 0 Å². The summed E-state index contributed by atoms with van der Waals surface area (Å²) in [4.78, 5) is 13.0. The van der Waals surface area contributed by atoms with Gasteiger partial charge in [0.05, 0.1) is 22.6 Å². The molecule has 0 spiro atoms. The van der Waals surface area contributed by atoms with E-state index in [0.717, 1.165) is 18.5 Å². The van der Waals surface area contributed by atoms with Gasteiger partial charge in [-0.3, -0.25) is 5.84 Å². The van der Waals surface area contributed by atoms with E-state index in [0.29, 0.717) is 22.5 Å². The third kappa shape index (κ3) is 2.09. The molecule has 1 aromatic carbocycles. The maximum atomic E-state index is 11.1. The Hall–Kier alpha value is -1.92. The average Bonchev–Trinajstić information content (AvgIpc) is 3.20. The molecular formula is C12H12ClN3O3. The Balaban J connectivity index is 2.08. The van der Waals surface area contributed by atoms with Crippen molar-refractivity contribution in [1.29, 1.82) is 0 Å². The maximum Gasteiger partial charge on any atom is 0.373 e. The molecule has 0 amide bonds. The van der Waals surface area contributed by atoms with Crippen molar-refractivity contribution < 1.29 is 14.6 Å². The number of carbonyl (C=O) groups is 1. The summed E-state index contributed by atoms with van der Waals surface area (Å²) in [6.07, 6.45) is 3.56. The van der Waals surface area contributed by atoms with Gasteiger partial charge in [0.25, 0.3) is 0 Å². The van der Waals surface area contributed by atoms with Gasteiger partial charge in [0.2, 0.25) is 5.76 Å². The van der Waals surface area contributed by atoms with Crippen LogP contribution < -0.4 is 20.9 Å². The van der Waals surface area contributed by atoms with Crippen LogP contribution in [0.15, 0.2) is 24.1 Å². The molecule has 0 aromatic heterocycles. The Morgan fingerprint density at radius 1 is 1.53 bits per heavy atom. The first kappa shape index (κ1) is 12.1. The number of nitrogens with zero attached hydrogens (tertiary/aromatic N) is 1. The van der Waals surface area contributed by atoms with Gasteiger partial charge in [-0.15, -0.1) is 0 Å². The van der Waals surface area contributed by atoms with Gasteiger partial charge >= 0.3 is 5.97 Å². The quantitative estimate of drug-likeness (QED) is 0.579. The molecular weight excluding hydrogens is 270 g/mol. The molecule has 1 aliphatic heterocycles. The summed E-state index contributed by atoms with van der Waals surface area (Å²) >= 11 is 6.02. The topological polar surface area (TPSA) is 87.8 Å². The zero-order valence-electron chi connectivity index (χ0n) is 9.89. The summed E-state index contributed by atoms with van der Waals surface area (Å²) in [5.41, 5.74) is 3.85. The molecule has 2 aliphatic rings. The van der Waals surface area contributed by atoms with E-state index in [-0.39, 0.29) is 5.76 Å². The van der Waals surface area contributed by atoms with Crippen LogP contribution in [0.1, 0.15) is 12.8 Å². The monoisotopic (exact) mass is 281 g/mol. The molecule has 7 heteroatoms. The third-order valence-electron chi connectivity index (χ3n) is 3.11. The lowest BCUT2D eigenvalue weighted by molar-refractivity contribution is -0.135. The van der Waals surface area contributed by atoms with Crippen LogP contribution in [0, 0.1) is 0 Å². The molecule has 3 rings (SSSR count). The number of benzene rings is 1. The van der Waals surface area contributed by atoms with E-state index in [2.05, 4.69) is 5.43 Å². The van der Waals surface area contributed by atoms with Crippen LogP contribution in [-0.4, -0.2) is 17.1 Å². The predicted octanol–water partition coefficient (Wildman–Crippen LogP) is 1.91. The van der Waals surface area contributed by atoms with Crippen LogP contribution in [0.5, 0.6) is 5.75 Å². The minimum atomic E-state index is -1.10. The van der Waals surface area contributed by atoms with E-state index in [1.807, 2.05) is 4.90 Å². The molecule has 0 unspecified atom stereocenters. The van der Waals surface area contributed by atoms with Gasteiger partial charge in [-0.1, -0.05) is 11.6 Å². The van der Waals surface area contributed by atoms with Crippen molar-refractivity contribution in [2.45, 2.75) is 18.9 Å². The van der Waals surface area contributed by atoms with Gasteiger partial charge < -0.3 is 20.2 Å². The zero-order valence-corrected chi connectivity index (χ0v) is 10.6. The Kier molecular flexibility index (Phi) is 2.76. The van der Waals surface area contributed by atoms with Gasteiger partial charge in [0.15, 0.2) is 5.75 Å². The largest absolute Gasteiger partial charge is 0.475 e. The number of nitrogens with two attached hydrogens (primary N) is 1. The van der Waals surface area contributed by atoms with Gasteiger partial charge in [0.1, 0.15) is 0 Å². The Morgan fingerprint density at radius 3 is 2.84 bits per heavy atom. The molecule has 0 saturated heterocycles. The minimum absolute atomic E-state index is 0.107. The normalized spacial score (nSPS) is 17.4. The first-order chi connectivity index (χ1) is 9.10. The second kappa shape index (κ2) is 4.32. The van der Waals surface area contributed by atoms with Gasteiger partial charge in [0, 0.05) is 12.1 Å². The molecule has 1 fully saturated rings. The highest BCUT2D eigenvalue weighted by molar-refractivity contribution is 6.33. The fourth-order valence-electron chi connectivity index (χ4n) is 2.03. The fraction of sp³-hybridized carbons (Fsp3) is 0.250. The van der Waals surface area contributed by atoms with Crippen molar-refractivity contribution in [3.8, 4) is 5.75 Å². The Bertz CT molecular complexity index is 584. The molecule has 1 saturated carbocycles. The first-order valence-electron chi connectivity index (χ1n) is 5.81. The van der Waals surface area contributed by atoms with Crippen molar-refractivity contribution in [2.24, 2.45) is 5.84 Å². The van der Waals surface area contributed by atoms with Crippen LogP contribution in [0.4, 0.5) is 11.4 Å². The van der Waals surface area contributed by atoms with E-state index in [4.69, 9.17) is 27.3 Å². The smallest absolute Gasteiger partial charge is 0.373 e. The zero-order chi connectivity index (χ0) is 13.6. The molecule has 1 aromatic rings. The van der Waals surface area contributed by atoms with Crippen LogP contribution in [0.2, 0.25) is 5.02 Å². The van der Waals surface area contributed by atoms with Crippen molar-refractivity contribution >= 4 is 28.9 Å². The summed E-state index contributed by atoms with van der Waals surface area (Å²) in [6.45, 7) is 0. The first-order valence-corrected chi connectivity index (χ1v) is 6.19. The highest BCUT2D eigenvalue weighted by Gasteiger charge is 2.34. The van der Waals surface area contributed by atoms with Crippen LogP contribution in [0.25, 0.3) is 0 Å². The number of anilines is 2. The summed E-state index contributed by atoms with van der Waals surface area (Å²) in [7, 11) is 0. The molecule has 0 bridgehead atoms. The Morgan fingerprint density at radius 2 is 2.26 bits per heavy atom. The van der Waals surface area contributed by atoms with Crippen LogP contribution in [0.3, 0.4) is 0 Å². The fourth-order valence-corrected chi connectivity index (χ4v) is 2.24. The standard InChI is InChI=1S/C12H12ClN3O3/c13-7-3-10-9(4-8(7)15-14)16(6-1-2-6)5-11(19-10)12(17)18/h3-6,15H,1-2,14H2,(H,17,18). The van der Waals surface area contributed by atoms with Crippen LogP contribution >= 0.6 is 11.6 Å². The molecule has 6 nitrogen and oxygen atoms in total. The van der Waals surface area contributed by atoms with E-state index in [9.17, 15) is 4.79 Å². The molecule has 19 heavy (non-hydrogen) atoms. The number of rotatable bonds is 3. The second-order valence-electron chi connectivity index (χ2n) is 4.48. The minimum Gasteiger partial charge on any atom is -0.475 e. The molecule has 4 N–H and O–H groups in total. The third-order valence-corrected chi connectivity index (χ3v) is 3.42. The number of nitrogen functional groups attached to an aromatic ring is 1. The molecule has 1 heterocycles. The highest BCUT2D eigenvalue weighted by atomic mass is 35.5. The summed E-state index contributed by atoms with van der Waals surface area (Å²) in [6, 6.07) is 3.63. The number of ether oxygens (including phenoxy) is 1. The number of carboxylic acid groups (broad SMARTS) is 1. The molecule has 100 valence electrons. The van der Waals surface area contributed by atoms with Crippen molar-refractivity contribution in [3.63, 3.8) is 0 Å². The number of hydrazine groups is 1. The lowest BCUT2D eigenvalue weighted by Gasteiger charge is -2.28. The van der Waals surface area contributed by atoms with E-state index < -0.39 is 5.97 Å². The van der Waals surface area contributed by atoms with Crippen molar-refractivity contribution in [2.75, 3.05) is 10.3 Å². The number of hydrogen-bond donors (Lipinski definition) is 3. The molecule has 1 aliphatic carbocycles. The van der Waals surface area contributed by atoms with Crippen molar-refractivity contribution in [1.82, 2.24) is 0 Å². The number of carboxylic acids is 1. The lowest BCUT2D eigenvalue weighted by Crippen LogP contribution is -2.27. The number of aliphatic carboxylic acids is 1. The summed E-state index contributed by atoms with van der Waals surface area (Å²) in [5.74, 6) is 4.61. The average molecular weight is 282 g/mol. The van der Waals surface area contributed by atoms with Gasteiger partial charge in [-0.05, 0) is 18.9 Å². The lowest BCUT2D eigenvalue weighted by atomic mass is 10.2. The Labute approximate surface area is 114 Å². The number of fused-ring (bicyclic) bond motifs is 1. The number of hydrogen-bond acceptors (Lipinski definition) is 5. The van der Waals surface area contributed by atoms with Gasteiger partial charge in [-0.2, -0.15) is 0 Å². The number of nitrogens with one attached hydrogen (secondary N) is 1. The van der Waals surface area contributed by atoms with E-state index in [1.54, 1.807) is 12.1 Å². The van der Waals surface area contributed by atoms with E-state index in [1.165, 1.54) is 6.20 Å². The SMILES string of the molecule is NNc1cc2c(cc1Cl)OC(C(=O)O)=CN2C1CC1. The molecule has 0 atom stereocenters. The molecule has 0 radical (unpaired) electrons. The number of halogens is 1. The van der Waals surface area contributed by atoms with Crippen molar-refractivity contribution in [3.05, 3.63) is 29.1 Å². The highest BCUT2D eigenvalue weighted by Crippen LogP contribution is 2.44. The van der Waals surface area contributed by atoms with Crippen LogP contribution in [-0.2, 0) is 4.79 Å². The summed E-state index contributed by atoms with van der Waals surface area (Å²) in [5, 5.41) is 9.45. The predicted molar refractivity (Wildman–Crippen MR) is 71.1 cm³/mol. The van der Waals surface area contributed by atoms with Gasteiger partial charge in [-0.25, -0.2) is 4.79 Å².